The molecule has 254 valence electrons. The number of hydrogen-bond acceptors (Lipinski definition) is 10. The second-order valence-corrected chi connectivity index (χ2v) is 16.2. The first-order chi connectivity index (χ1) is 23.2. The average molecular weight is 699 g/mol. The van der Waals surface area contributed by atoms with Crippen molar-refractivity contribution in [3.8, 4) is 0 Å². The molecular weight excluding hydrogens is 663 g/mol. The summed E-state index contributed by atoms with van der Waals surface area (Å²) in [7, 11) is -2.26. The Balaban J connectivity index is 0.000000152. The molecule has 0 bridgehead atoms. The number of thioether (sulfide) groups is 1. The molecule has 4 heterocycles. The van der Waals surface area contributed by atoms with E-state index in [2.05, 4.69) is 20.2 Å². The number of fused-ring (bicyclic) bond motifs is 2. The molecule has 0 spiro atoms. The van der Waals surface area contributed by atoms with E-state index in [-0.39, 0.29) is 53.9 Å². The highest BCUT2D eigenvalue weighted by Gasteiger charge is 2.44. The quantitative estimate of drug-likeness (QED) is 0.246. The van der Waals surface area contributed by atoms with Crippen molar-refractivity contribution in [1.82, 2.24) is 29.5 Å². The van der Waals surface area contributed by atoms with Crippen molar-refractivity contribution in [2.75, 3.05) is 13.7 Å². The predicted octanol–water partition coefficient (Wildman–Crippen LogP) is 5.15. The number of esters is 1. The van der Waals surface area contributed by atoms with Gasteiger partial charge >= 0.3 is 5.97 Å². The van der Waals surface area contributed by atoms with Gasteiger partial charge < -0.3 is 9.84 Å². The van der Waals surface area contributed by atoms with Gasteiger partial charge in [0.05, 0.1) is 30.4 Å². The molecule has 2 fully saturated rings. The first kappa shape index (κ1) is 32.8. The third-order valence-electron chi connectivity index (χ3n) is 9.70. The summed E-state index contributed by atoms with van der Waals surface area (Å²) in [6.45, 7) is -0.0121. The van der Waals surface area contributed by atoms with Crippen molar-refractivity contribution in [3.05, 3.63) is 83.4 Å². The van der Waals surface area contributed by atoms with Gasteiger partial charge in [0.15, 0.2) is 24.0 Å². The van der Waals surface area contributed by atoms with Gasteiger partial charge in [-0.05, 0) is 42.7 Å². The maximum atomic E-state index is 14.3. The number of nitrogens with zero attached hydrogens (tertiary/aromatic N) is 6. The van der Waals surface area contributed by atoms with E-state index in [4.69, 9.17) is 9.84 Å². The molecule has 0 unspecified atom stereocenters. The zero-order valence-electron chi connectivity index (χ0n) is 26.2. The third-order valence-corrected chi connectivity index (χ3v) is 12.7. The van der Waals surface area contributed by atoms with Crippen molar-refractivity contribution in [3.63, 3.8) is 0 Å². The van der Waals surface area contributed by atoms with Crippen LogP contribution in [0.2, 0.25) is 0 Å². The van der Waals surface area contributed by atoms with Gasteiger partial charge in [0, 0.05) is 24.7 Å². The number of sulfone groups is 1. The van der Waals surface area contributed by atoms with Gasteiger partial charge in [-0.25, -0.2) is 31.5 Å². The first-order valence-electron chi connectivity index (χ1n) is 16.1. The highest BCUT2D eigenvalue weighted by molar-refractivity contribution is 7.99. The van der Waals surface area contributed by atoms with E-state index >= 15 is 0 Å². The Bertz CT molecular complexity index is 1860. The molecule has 2 aromatic carbocycles. The minimum absolute atomic E-state index is 0.0121. The van der Waals surface area contributed by atoms with E-state index < -0.39 is 27.4 Å². The highest BCUT2D eigenvalue weighted by Crippen LogP contribution is 2.44. The summed E-state index contributed by atoms with van der Waals surface area (Å²) in [5, 5.41) is 17.7. The van der Waals surface area contributed by atoms with Crippen molar-refractivity contribution in [2.45, 2.75) is 83.8 Å². The number of alkyl halides is 2. The number of ether oxygens (including phenoxy) is 1. The lowest BCUT2D eigenvalue weighted by Gasteiger charge is -2.32. The molecule has 2 aliphatic carbocycles. The Morgan fingerprint density at radius 1 is 0.854 bits per heavy atom. The van der Waals surface area contributed by atoms with E-state index in [1.807, 2.05) is 60.7 Å². The zero-order valence-corrected chi connectivity index (χ0v) is 27.8. The van der Waals surface area contributed by atoms with Gasteiger partial charge in [-0.15, -0.1) is 10.2 Å². The molecule has 48 heavy (non-hydrogen) atoms. The summed E-state index contributed by atoms with van der Waals surface area (Å²) in [5.74, 6) is 0.342. The molecule has 0 radical (unpaired) electrons. The largest absolute Gasteiger partial charge is 0.469 e. The van der Waals surface area contributed by atoms with Crippen LogP contribution in [0.15, 0.2) is 71.0 Å². The number of hydrogen-bond donors (Lipinski definition) is 1. The van der Waals surface area contributed by atoms with Gasteiger partial charge in [-0.3, -0.25) is 4.79 Å². The number of halogens is 2. The lowest BCUT2D eigenvalue weighted by atomic mass is 9.85. The number of methoxy groups -OCH3 is 1. The maximum absolute atomic E-state index is 14.3. The van der Waals surface area contributed by atoms with Crippen LogP contribution in [-0.2, 0) is 19.4 Å². The summed E-state index contributed by atoms with van der Waals surface area (Å²) in [5.41, 5.74) is 1.94. The molecule has 1 N–H and O–H groups in total. The van der Waals surface area contributed by atoms with E-state index in [9.17, 15) is 22.0 Å². The van der Waals surface area contributed by atoms with E-state index in [1.54, 1.807) is 4.68 Å². The number of aromatic nitrogens is 6. The fourth-order valence-electron chi connectivity index (χ4n) is 6.79. The van der Waals surface area contributed by atoms with Crippen LogP contribution in [-0.4, -0.2) is 73.2 Å². The molecule has 4 atom stereocenters. The Hall–Kier alpha value is -3.69. The fraction of sp³-hybridized carbons (Fsp3) is 0.485. The van der Waals surface area contributed by atoms with E-state index in [0.29, 0.717) is 35.5 Å². The lowest BCUT2D eigenvalue weighted by Crippen LogP contribution is -2.38. The maximum Gasteiger partial charge on any atom is 0.308 e. The van der Waals surface area contributed by atoms with Crippen LogP contribution >= 0.6 is 11.8 Å². The molecule has 11 nitrogen and oxygen atoms in total. The van der Waals surface area contributed by atoms with Crippen LogP contribution in [0.5, 0.6) is 0 Å². The zero-order chi connectivity index (χ0) is 33.6. The Kier molecular flexibility index (Phi) is 9.11. The Labute approximate surface area is 281 Å². The predicted molar refractivity (Wildman–Crippen MR) is 171 cm³/mol. The van der Waals surface area contributed by atoms with Crippen LogP contribution < -0.4 is 0 Å². The van der Waals surface area contributed by atoms with Gasteiger partial charge in [0.1, 0.15) is 0 Å². The Morgan fingerprint density at radius 3 is 1.94 bits per heavy atom. The Morgan fingerprint density at radius 2 is 1.40 bits per heavy atom. The average Bonchev–Trinajstić information content (AvgIpc) is 3.82. The molecule has 0 amide bonds. The summed E-state index contributed by atoms with van der Waals surface area (Å²) in [6, 6.07) is 18.8. The van der Waals surface area contributed by atoms with Crippen molar-refractivity contribution in [1.29, 1.82) is 0 Å². The number of rotatable bonds is 8. The first-order valence-corrected chi connectivity index (χ1v) is 18.5. The number of carbonyl (C=O) groups excluding carboxylic acids is 1. The van der Waals surface area contributed by atoms with Crippen molar-refractivity contribution in [2.24, 2.45) is 11.8 Å². The molecule has 8 rings (SSSR count). The fourth-order valence-corrected chi connectivity index (χ4v) is 9.80. The van der Waals surface area contributed by atoms with Gasteiger partial charge in [-0.2, -0.15) is 4.98 Å². The summed E-state index contributed by atoms with van der Waals surface area (Å²) in [6.07, 6.45) is 0.547. The molecule has 2 aliphatic heterocycles. The lowest BCUT2D eigenvalue weighted by molar-refractivity contribution is -0.148. The highest BCUT2D eigenvalue weighted by atomic mass is 32.2. The topological polar surface area (TPSA) is 142 Å². The third kappa shape index (κ3) is 6.15. The van der Waals surface area contributed by atoms with Crippen molar-refractivity contribution >= 4 is 27.6 Å². The number of aliphatic hydroxyl groups excluding tert-OH is 1. The second-order valence-electron chi connectivity index (χ2n) is 12.8. The molecule has 15 heteroatoms. The van der Waals surface area contributed by atoms with Crippen LogP contribution in [0.3, 0.4) is 0 Å². The van der Waals surface area contributed by atoms with Crippen LogP contribution in [0.4, 0.5) is 8.78 Å². The van der Waals surface area contributed by atoms with Crippen LogP contribution in [0.1, 0.15) is 85.7 Å². The number of carbonyl (C=O) groups is 1. The molecular formula is C33H36F2N6O5S2. The van der Waals surface area contributed by atoms with E-state index in [1.165, 1.54) is 23.6 Å². The molecule has 2 saturated carbocycles. The standard InChI is InChI=1S/C17H18FN3O2S.C16H18FN3O3S/c1-23-16(22)11-7-12(8-11)24-17-19-15-13(18)9-14(21(15)20-17)10-5-3-2-4-6-10;17-13-8-14(11-4-2-1-3-5-11)20-15(13)18-16(19-20)24(22,23)12-6-10(7-12)9-21/h2-6,11-14H,7-9H2,1H3;1-5,10,12-14,21H,6-9H2/t11?,12?,13-,14-;10?,12?,13-,14-/m00/s1. The summed E-state index contributed by atoms with van der Waals surface area (Å²) >= 11 is 1.53. The number of benzene rings is 2. The normalized spacial score (nSPS) is 28.8. The molecule has 4 aliphatic rings. The number of aliphatic hydroxyl groups is 1. The molecule has 0 saturated heterocycles. The smallest absolute Gasteiger partial charge is 0.308 e. The van der Waals surface area contributed by atoms with Gasteiger partial charge in [0.2, 0.25) is 15.0 Å². The minimum Gasteiger partial charge on any atom is -0.469 e. The van der Waals surface area contributed by atoms with Crippen LogP contribution in [0.25, 0.3) is 0 Å². The van der Waals surface area contributed by atoms with Gasteiger partial charge in [-0.1, -0.05) is 72.4 Å². The van der Waals surface area contributed by atoms with E-state index in [0.717, 1.165) is 24.0 Å². The van der Waals surface area contributed by atoms with Crippen LogP contribution in [0, 0.1) is 11.8 Å². The summed E-state index contributed by atoms with van der Waals surface area (Å²) in [4.78, 5) is 19.8. The minimum atomic E-state index is -3.67. The second kappa shape index (κ2) is 13.3. The summed E-state index contributed by atoms with van der Waals surface area (Å²) < 4.78 is 61.7. The van der Waals surface area contributed by atoms with Gasteiger partial charge in [0.25, 0.3) is 5.16 Å². The monoisotopic (exact) mass is 698 g/mol. The SMILES string of the molecule is COC(=O)C1CC(Sc2nc3n(n2)[C@H](c2ccccc2)C[C@@H]3F)C1.O=S(=O)(c1nc2n(n1)[C@H](c1ccccc1)C[C@@H]2F)C1CC(CO)C1. The molecule has 4 aromatic rings. The molecule has 2 aromatic heterocycles. The van der Waals surface area contributed by atoms with Crippen molar-refractivity contribution < 1.29 is 31.8 Å².